The van der Waals surface area contributed by atoms with Crippen molar-refractivity contribution in [2.24, 2.45) is 0 Å². The monoisotopic (exact) mass is 364 g/mol. The molecule has 0 saturated heterocycles. The molecule has 122 valence electrons. The van der Waals surface area contributed by atoms with Gasteiger partial charge in [0, 0.05) is 10.4 Å². The molecule has 0 aliphatic carbocycles. The van der Waals surface area contributed by atoms with E-state index in [1.165, 1.54) is 42.5 Å². The maximum atomic E-state index is 12.6. The highest BCUT2D eigenvalue weighted by atomic mass is 35.5. The van der Waals surface area contributed by atoms with Crippen LogP contribution in [-0.2, 0) is 9.84 Å². The molecule has 0 atom stereocenters. The molecular weight excluding hydrogens is 356 g/mol. The van der Waals surface area contributed by atoms with Crippen molar-refractivity contribution in [3.05, 3.63) is 69.5 Å². The molecule has 0 amide bonds. The molecule has 0 bridgehead atoms. The summed E-state index contributed by atoms with van der Waals surface area (Å²) in [4.78, 5) is 22.4. The number of sulfone groups is 1. The topological polar surface area (TPSA) is 102 Å². The fraction of sp³-hybridized carbons (Fsp3) is 0. The zero-order valence-electron chi connectivity index (χ0n) is 11.9. The fourth-order valence-electron chi connectivity index (χ4n) is 2.17. The number of rotatable bonds is 3. The van der Waals surface area contributed by atoms with Crippen LogP contribution in [0.15, 0.2) is 67.5 Å². The number of hydrogen-bond donors (Lipinski definition) is 1. The first-order valence-corrected chi connectivity index (χ1v) is 8.47. The van der Waals surface area contributed by atoms with E-state index in [2.05, 4.69) is 0 Å². The van der Waals surface area contributed by atoms with E-state index in [4.69, 9.17) is 21.1 Å². The number of hydrogen-bond acceptors (Lipinski definition) is 5. The zero-order chi connectivity index (χ0) is 17.5. The summed E-state index contributed by atoms with van der Waals surface area (Å²) in [6, 6.07) is 10.2. The fourth-order valence-corrected chi connectivity index (χ4v) is 3.58. The van der Waals surface area contributed by atoms with Crippen LogP contribution in [0.3, 0.4) is 0 Å². The van der Waals surface area contributed by atoms with Crippen LogP contribution in [0.25, 0.3) is 11.0 Å². The molecule has 0 saturated carbocycles. The summed E-state index contributed by atoms with van der Waals surface area (Å²) in [5.74, 6) is -1.18. The van der Waals surface area contributed by atoms with Gasteiger partial charge in [-0.15, -0.1) is 0 Å². The lowest BCUT2D eigenvalue weighted by molar-refractivity contribution is 0.0697. The highest BCUT2D eigenvalue weighted by Crippen LogP contribution is 2.23. The normalized spacial score (nSPS) is 11.5. The summed E-state index contributed by atoms with van der Waals surface area (Å²) in [6.45, 7) is 0. The van der Waals surface area contributed by atoms with Crippen molar-refractivity contribution in [1.29, 1.82) is 0 Å². The lowest BCUT2D eigenvalue weighted by Gasteiger charge is -2.05. The Hall–Kier alpha value is -2.64. The van der Waals surface area contributed by atoms with Gasteiger partial charge in [0.25, 0.3) is 0 Å². The Morgan fingerprint density at radius 1 is 1.04 bits per heavy atom. The second-order valence-electron chi connectivity index (χ2n) is 4.91. The number of carbonyl (C=O) groups is 1. The number of fused-ring (bicyclic) bond motifs is 1. The van der Waals surface area contributed by atoms with Crippen LogP contribution in [0, 0.1) is 0 Å². The number of benzene rings is 2. The minimum atomic E-state index is -4.12. The van der Waals surface area contributed by atoms with Gasteiger partial charge in [0.2, 0.25) is 9.84 Å². The Labute approximate surface area is 140 Å². The van der Waals surface area contributed by atoms with Crippen LogP contribution in [0.5, 0.6) is 0 Å². The molecule has 2 aromatic carbocycles. The van der Waals surface area contributed by atoms with Gasteiger partial charge in [-0.2, -0.15) is 0 Å². The standard InChI is InChI=1S/C16H9ClO6S/c17-11-2-4-12(5-3-11)24(21,22)14-8-10-7-9(15(18)19)1-6-13(10)23-16(14)20/h1-8H,(H,18,19). The SMILES string of the molecule is O=C(O)c1ccc2oc(=O)c(S(=O)(=O)c3ccc(Cl)cc3)cc2c1. The Morgan fingerprint density at radius 3 is 2.33 bits per heavy atom. The molecule has 0 spiro atoms. The van der Waals surface area contributed by atoms with E-state index in [0.717, 1.165) is 6.07 Å². The van der Waals surface area contributed by atoms with Crippen molar-refractivity contribution < 1.29 is 22.7 Å². The van der Waals surface area contributed by atoms with E-state index in [0.29, 0.717) is 5.02 Å². The first kappa shape index (κ1) is 16.2. The van der Waals surface area contributed by atoms with E-state index in [1.54, 1.807) is 0 Å². The Bertz CT molecular complexity index is 1110. The van der Waals surface area contributed by atoms with Crippen molar-refractivity contribution in [3.63, 3.8) is 0 Å². The third-order valence-corrected chi connectivity index (χ3v) is 5.37. The molecule has 1 N–H and O–H groups in total. The molecule has 0 fully saturated rings. The molecule has 0 unspecified atom stereocenters. The van der Waals surface area contributed by atoms with E-state index < -0.39 is 26.3 Å². The molecule has 3 aromatic rings. The van der Waals surface area contributed by atoms with Crippen molar-refractivity contribution >= 4 is 38.4 Å². The molecule has 8 heteroatoms. The minimum absolute atomic E-state index is 0.0498. The Balaban J connectivity index is 2.24. The molecule has 0 radical (unpaired) electrons. The van der Waals surface area contributed by atoms with E-state index >= 15 is 0 Å². The maximum Gasteiger partial charge on any atom is 0.355 e. The van der Waals surface area contributed by atoms with Crippen molar-refractivity contribution in [2.45, 2.75) is 9.79 Å². The lowest BCUT2D eigenvalue weighted by atomic mass is 10.1. The molecule has 0 aliphatic heterocycles. The molecule has 1 heterocycles. The molecule has 0 aliphatic rings. The van der Waals surface area contributed by atoms with E-state index in [-0.39, 0.29) is 21.4 Å². The third kappa shape index (κ3) is 2.79. The van der Waals surface area contributed by atoms with Gasteiger partial charge in [0.1, 0.15) is 5.58 Å². The minimum Gasteiger partial charge on any atom is -0.478 e. The summed E-state index contributed by atoms with van der Waals surface area (Å²) < 4.78 is 30.2. The summed E-state index contributed by atoms with van der Waals surface area (Å²) >= 11 is 5.73. The molecule has 1 aromatic heterocycles. The molecular formula is C16H9ClO6S. The Kier molecular flexibility index (Phi) is 3.90. The molecule has 6 nitrogen and oxygen atoms in total. The van der Waals surface area contributed by atoms with Crippen LogP contribution >= 0.6 is 11.6 Å². The summed E-state index contributed by atoms with van der Waals surface area (Å²) in [7, 11) is -4.12. The first-order chi connectivity index (χ1) is 11.3. The van der Waals surface area contributed by atoms with Crippen molar-refractivity contribution in [2.75, 3.05) is 0 Å². The van der Waals surface area contributed by atoms with Gasteiger partial charge in [-0.25, -0.2) is 18.0 Å². The second-order valence-corrected chi connectivity index (χ2v) is 7.27. The van der Waals surface area contributed by atoms with Crippen LogP contribution in [0.1, 0.15) is 10.4 Å². The van der Waals surface area contributed by atoms with Crippen molar-refractivity contribution in [3.8, 4) is 0 Å². The van der Waals surface area contributed by atoms with Gasteiger partial charge < -0.3 is 9.52 Å². The Morgan fingerprint density at radius 2 is 1.71 bits per heavy atom. The van der Waals surface area contributed by atoms with Crippen LogP contribution < -0.4 is 5.63 Å². The number of aromatic carboxylic acids is 1. The number of halogens is 1. The van der Waals surface area contributed by atoms with Crippen molar-refractivity contribution in [1.82, 2.24) is 0 Å². The summed E-state index contributed by atoms with van der Waals surface area (Å²) in [5, 5.41) is 9.56. The van der Waals surface area contributed by atoms with E-state index in [9.17, 15) is 18.0 Å². The number of carboxylic acids is 1. The lowest BCUT2D eigenvalue weighted by Crippen LogP contribution is -2.14. The zero-order valence-corrected chi connectivity index (χ0v) is 13.5. The van der Waals surface area contributed by atoms with Gasteiger partial charge in [-0.1, -0.05) is 11.6 Å². The summed E-state index contributed by atoms with van der Waals surface area (Å²) in [6.07, 6.45) is 0. The largest absolute Gasteiger partial charge is 0.478 e. The van der Waals surface area contributed by atoms with Crippen LogP contribution in [0.4, 0.5) is 0 Å². The average Bonchev–Trinajstić information content (AvgIpc) is 2.54. The van der Waals surface area contributed by atoms with Crippen LogP contribution in [-0.4, -0.2) is 19.5 Å². The van der Waals surface area contributed by atoms with Gasteiger partial charge in [-0.05, 0) is 48.5 Å². The molecule has 3 rings (SSSR count). The first-order valence-electron chi connectivity index (χ1n) is 6.61. The van der Waals surface area contributed by atoms with Crippen LogP contribution in [0.2, 0.25) is 5.02 Å². The smallest absolute Gasteiger partial charge is 0.355 e. The summed E-state index contributed by atoms with van der Waals surface area (Å²) in [5.41, 5.74) is -0.980. The van der Waals surface area contributed by atoms with Gasteiger partial charge in [-0.3, -0.25) is 0 Å². The predicted octanol–water partition coefficient (Wildman–Crippen LogP) is 2.98. The highest BCUT2D eigenvalue weighted by Gasteiger charge is 2.23. The third-order valence-electron chi connectivity index (χ3n) is 3.36. The molecule has 24 heavy (non-hydrogen) atoms. The van der Waals surface area contributed by atoms with E-state index in [1.807, 2.05) is 0 Å². The highest BCUT2D eigenvalue weighted by molar-refractivity contribution is 7.91. The quantitative estimate of drug-likeness (QED) is 0.717. The number of carboxylic acid groups (broad SMARTS) is 1. The second kappa shape index (κ2) is 5.77. The van der Waals surface area contributed by atoms with Gasteiger partial charge >= 0.3 is 11.6 Å². The van der Waals surface area contributed by atoms with Gasteiger partial charge in [0.05, 0.1) is 10.5 Å². The maximum absolute atomic E-state index is 12.6. The predicted molar refractivity (Wildman–Crippen MR) is 86.3 cm³/mol. The average molecular weight is 365 g/mol. The van der Waals surface area contributed by atoms with Gasteiger partial charge in [0.15, 0.2) is 4.90 Å².